The molecule has 0 atom stereocenters. The number of morpholine rings is 1. The Balaban J connectivity index is 1.41. The number of rotatable bonds is 8. The van der Waals surface area contributed by atoms with Gasteiger partial charge in [0.15, 0.2) is 11.5 Å². The first-order valence-corrected chi connectivity index (χ1v) is 11.7. The molecule has 1 heterocycles. The van der Waals surface area contributed by atoms with Crippen LogP contribution >= 0.6 is 23.2 Å². The van der Waals surface area contributed by atoms with Crippen LogP contribution in [0.3, 0.4) is 0 Å². The molecule has 1 aliphatic rings. The van der Waals surface area contributed by atoms with Crippen LogP contribution in [-0.2, 0) is 17.9 Å². The number of nitrogens with zero attached hydrogens (tertiary/aromatic N) is 1. The van der Waals surface area contributed by atoms with Gasteiger partial charge in [0.1, 0.15) is 6.61 Å². The Morgan fingerprint density at radius 1 is 0.939 bits per heavy atom. The summed E-state index contributed by atoms with van der Waals surface area (Å²) >= 11 is 13.1. The van der Waals surface area contributed by atoms with E-state index in [2.05, 4.69) is 29.3 Å². The van der Waals surface area contributed by atoms with Gasteiger partial charge in [0, 0.05) is 25.3 Å². The Kier molecular flexibility index (Phi) is 7.86. The topological polar surface area (TPSA) is 43.0 Å². The normalized spacial score (nSPS) is 13.6. The van der Waals surface area contributed by atoms with Gasteiger partial charge in [-0.05, 0) is 48.4 Å². The van der Waals surface area contributed by atoms with Crippen molar-refractivity contribution in [2.45, 2.75) is 20.1 Å². The van der Waals surface area contributed by atoms with E-state index in [-0.39, 0.29) is 0 Å². The van der Waals surface area contributed by atoms with Gasteiger partial charge in [-0.15, -0.1) is 0 Å². The van der Waals surface area contributed by atoms with Gasteiger partial charge in [-0.3, -0.25) is 0 Å². The van der Waals surface area contributed by atoms with Gasteiger partial charge < -0.3 is 24.4 Å². The van der Waals surface area contributed by atoms with Crippen molar-refractivity contribution >= 4 is 34.6 Å². The summed E-state index contributed by atoms with van der Waals surface area (Å²) < 4.78 is 17.0. The molecule has 1 saturated heterocycles. The average molecular weight is 487 g/mol. The van der Waals surface area contributed by atoms with Gasteiger partial charge in [0.2, 0.25) is 0 Å². The Labute approximate surface area is 205 Å². The molecule has 174 valence electrons. The van der Waals surface area contributed by atoms with Crippen molar-refractivity contribution in [1.82, 2.24) is 0 Å². The van der Waals surface area contributed by atoms with Crippen LogP contribution in [0.1, 0.15) is 16.7 Å². The number of aryl methyl sites for hydroxylation is 1. The molecular formula is C26H28Cl2N2O3. The van der Waals surface area contributed by atoms with E-state index < -0.39 is 0 Å². The van der Waals surface area contributed by atoms with Crippen molar-refractivity contribution in [1.29, 1.82) is 0 Å². The lowest BCUT2D eigenvalue weighted by molar-refractivity contribution is 0.122. The fraction of sp³-hybridized carbons (Fsp3) is 0.308. The first kappa shape index (κ1) is 23.6. The molecule has 0 aliphatic carbocycles. The summed E-state index contributed by atoms with van der Waals surface area (Å²) in [5.74, 6) is 1.15. The molecule has 0 unspecified atom stereocenters. The number of hydrogen-bond acceptors (Lipinski definition) is 5. The molecule has 0 amide bonds. The summed E-state index contributed by atoms with van der Waals surface area (Å²) in [6, 6.07) is 18.1. The van der Waals surface area contributed by atoms with E-state index in [1.807, 2.05) is 42.5 Å². The van der Waals surface area contributed by atoms with Crippen molar-refractivity contribution < 1.29 is 14.2 Å². The molecule has 33 heavy (non-hydrogen) atoms. The van der Waals surface area contributed by atoms with Crippen LogP contribution in [-0.4, -0.2) is 33.4 Å². The van der Waals surface area contributed by atoms with Crippen LogP contribution < -0.4 is 19.7 Å². The van der Waals surface area contributed by atoms with E-state index >= 15 is 0 Å². The fourth-order valence-electron chi connectivity index (χ4n) is 3.74. The van der Waals surface area contributed by atoms with Crippen molar-refractivity contribution in [3.05, 3.63) is 81.3 Å². The first-order chi connectivity index (χ1) is 16.0. The number of anilines is 2. The molecule has 0 radical (unpaired) electrons. The molecule has 5 nitrogen and oxygen atoms in total. The fourth-order valence-corrected chi connectivity index (χ4v) is 4.32. The predicted octanol–water partition coefficient (Wildman–Crippen LogP) is 6.34. The lowest BCUT2D eigenvalue weighted by Gasteiger charge is -2.29. The third-order valence-corrected chi connectivity index (χ3v) is 6.17. The molecule has 1 N–H and O–H groups in total. The summed E-state index contributed by atoms with van der Waals surface area (Å²) in [5, 5.41) is 4.64. The largest absolute Gasteiger partial charge is 0.493 e. The zero-order valence-electron chi connectivity index (χ0n) is 18.9. The maximum atomic E-state index is 6.55. The number of nitrogens with one attached hydrogen (secondary N) is 1. The standard InChI is InChI=1S/C26H28Cl2N2O3/c1-18-3-5-19(6-4-18)17-33-26-23(28)13-20(14-25(26)31-2)16-29-21-7-8-24(22(27)15-21)30-9-11-32-12-10-30/h3-8,13-15,29H,9-12,16-17H2,1-2H3. The number of halogens is 2. The van der Waals surface area contributed by atoms with Crippen molar-refractivity contribution in [2.24, 2.45) is 0 Å². The Morgan fingerprint density at radius 3 is 2.39 bits per heavy atom. The second kappa shape index (κ2) is 11.0. The lowest BCUT2D eigenvalue weighted by Crippen LogP contribution is -2.36. The van der Waals surface area contributed by atoms with Gasteiger partial charge in [-0.1, -0.05) is 53.0 Å². The van der Waals surface area contributed by atoms with E-state index in [0.29, 0.717) is 29.7 Å². The van der Waals surface area contributed by atoms with E-state index in [1.54, 1.807) is 7.11 Å². The summed E-state index contributed by atoms with van der Waals surface area (Å²) in [6.07, 6.45) is 0. The van der Waals surface area contributed by atoms with Gasteiger partial charge >= 0.3 is 0 Å². The van der Waals surface area contributed by atoms with Gasteiger partial charge in [-0.25, -0.2) is 0 Å². The van der Waals surface area contributed by atoms with Crippen LogP contribution in [0, 0.1) is 6.92 Å². The smallest absolute Gasteiger partial charge is 0.180 e. The summed E-state index contributed by atoms with van der Waals surface area (Å²) in [4.78, 5) is 2.25. The molecule has 0 bridgehead atoms. The average Bonchev–Trinajstić information content (AvgIpc) is 2.83. The maximum Gasteiger partial charge on any atom is 0.180 e. The second-order valence-electron chi connectivity index (χ2n) is 8.00. The molecule has 1 aliphatic heterocycles. The summed E-state index contributed by atoms with van der Waals surface area (Å²) in [7, 11) is 1.62. The molecule has 4 rings (SSSR count). The van der Waals surface area contributed by atoms with Crippen LogP contribution in [0.25, 0.3) is 0 Å². The predicted molar refractivity (Wildman–Crippen MR) is 135 cm³/mol. The van der Waals surface area contributed by atoms with Crippen LogP contribution in [0.15, 0.2) is 54.6 Å². The molecule has 7 heteroatoms. The van der Waals surface area contributed by atoms with E-state index in [0.717, 1.165) is 53.8 Å². The Bertz CT molecular complexity index is 1080. The Morgan fingerprint density at radius 2 is 1.70 bits per heavy atom. The van der Waals surface area contributed by atoms with E-state index in [9.17, 15) is 0 Å². The van der Waals surface area contributed by atoms with E-state index in [4.69, 9.17) is 37.4 Å². The highest BCUT2D eigenvalue weighted by atomic mass is 35.5. The molecular weight excluding hydrogens is 459 g/mol. The van der Waals surface area contributed by atoms with Gasteiger partial charge in [0.05, 0.1) is 36.1 Å². The van der Waals surface area contributed by atoms with Crippen LogP contribution in [0.5, 0.6) is 11.5 Å². The van der Waals surface area contributed by atoms with Gasteiger partial charge in [-0.2, -0.15) is 0 Å². The monoisotopic (exact) mass is 486 g/mol. The Hall–Kier alpha value is -2.60. The number of hydrogen-bond donors (Lipinski definition) is 1. The van der Waals surface area contributed by atoms with Gasteiger partial charge in [0.25, 0.3) is 0 Å². The molecule has 1 fully saturated rings. The van der Waals surface area contributed by atoms with Crippen molar-refractivity contribution in [2.75, 3.05) is 43.6 Å². The zero-order chi connectivity index (χ0) is 23.2. The minimum absolute atomic E-state index is 0.419. The molecule has 3 aromatic rings. The second-order valence-corrected chi connectivity index (χ2v) is 8.82. The third-order valence-electron chi connectivity index (χ3n) is 5.59. The number of ether oxygens (including phenoxy) is 3. The minimum atomic E-state index is 0.419. The van der Waals surface area contributed by atoms with Crippen LogP contribution in [0.2, 0.25) is 10.0 Å². The SMILES string of the molecule is COc1cc(CNc2ccc(N3CCOCC3)c(Cl)c2)cc(Cl)c1OCc1ccc(C)cc1. The third kappa shape index (κ3) is 6.05. The minimum Gasteiger partial charge on any atom is -0.493 e. The lowest BCUT2D eigenvalue weighted by atomic mass is 10.1. The number of benzene rings is 3. The number of methoxy groups -OCH3 is 1. The quantitative estimate of drug-likeness (QED) is 0.402. The van der Waals surface area contributed by atoms with Crippen LogP contribution in [0.4, 0.5) is 11.4 Å². The van der Waals surface area contributed by atoms with E-state index in [1.165, 1.54) is 5.56 Å². The molecule has 0 spiro atoms. The summed E-state index contributed by atoms with van der Waals surface area (Å²) in [5.41, 5.74) is 5.23. The molecule has 3 aromatic carbocycles. The highest BCUT2D eigenvalue weighted by molar-refractivity contribution is 6.33. The van der Waals surface area contributed by atoms with Crippen molar-refractivity contribution in [3.8, 4) is 11.5 Å². The highest BCUT2D eigenvalue weighted by Gasteiger charge is 2.15. The summed E-state index contributed by atoms with van der Waals surface area (Å²) in [6.45, 7) is 6.20. The molecule has 0 saturated carbocycles. The maximum absolute atomic E-state index is 6.55. The molecule has 0 aromatic heterocycles. The highest BCUT2D eigenvalue weighted by Crippen LogP contribution is 2.37. The van der Waals surface area contributed by atoms with Crippen molar-refractivity contribution in [3.63, 3.8) is 0 Å². The first-order valence-electron chi connectivity index (χ1n) is 10.9. The zero-order valence-corrected chi connectivity index (χ0v) is 20.4.